The third kappa shape index (κ3) is 7.02. The fraction of sp³-hybridized carbons (Fsp3) is 0.429. The van der Waals surface area contributed by atoms with Crippen LogP contribution in [0.4, 0.5) is 5.69 Å². The SMILES string of the molecule is Cl.Cn1c(CNc2ccc(C(=N)N)cc2)nc2cc(C(C)(CNC(C(=O)O)S(C)(=O)=O)C(=O)N3CCCCC3)ccc21. The number of amidine groups is 1. The monoisotopic (exact) mass is 619 g/mol. The van der Waals surface area contributed by atoms with Crippen LogP contribution in [0.3, 0.4) is 0 Å². The highest BCUT2D eigenvalue weighted by atomic mass is 35.5. The topological polar surface area (TPSA) is 183 Å². The van der Waals surface area contributed by atoms with Gasteiger partial charge in [-0.3, -0.25) is 15.5 Å². The number of aliphatic carboxylic acids is 1. The number of imidazole rings is 1. The number of hydrogen-bond acceptors (Lipinski definition) is 8. The predicted octanol–water partition coefficient (Wildman–Crippen LogP) is 2.21. The minimum Gasteiger partial charge on any atom is -0.479 e. The zero-order valence-electron chi connectivity index (χ0n) is 23.9. The number of nitrogens with zero attached hydrogens (tertiary/aromatic N) is 3. The third-order valence-electron chi connectivity index (χ3n) is 7.67. The molecule has 228 valence electrons. The van der Waals surface area contributed by atoms with Gasteiger partial charge in [-0.15, -0.1) is 12.4 Å². The second-order valence-corrected chi connectivity index (χ2v) is 12.9. The van der Waals surface area contributed by atoms with E-state index in [0.29, 0.717) is 36.3 Å². The van der Waals surface area contributed by atoms with Gasteiger partial charge in [0.1, 0.15) is 11.7 Å². The Kier molecular flexibility index (Phi) is 10.2. The third-order valence-corrected chi connectivity index (χ3v) is 8.89. The number of carboxylic acids is 1. The normalized spacial score (nSPS) is 15.8. The van der Waals surface area contributed by atoms with Crippen molar-refractivity contribution in [3.8, 4) is 0 Å². The van der Waals surface area contributed by atoms with E-state index in [1.807, 2.05) is 41.9 Å². The van der Waals surface area contributed by atoms with E-state index in [1.54, 1.807) is 24.0 Å². The molecule has 1 aliphatic rings. The minimum absolute atomic E-state index is 0. The largest absolute Gasteiger partial charge is 0.479 e. The first kappa shape index (κ1) is 32.8. The lowest BCUT2D eigenvalue weighted by atomic mass is 9.80. The molecular weight excluding hydrogens is 582 g/mol. The summed E-state index contributed by atoms with van der Waals surface area (Å²) in [4.78, 5) is 32.2. The molecule has 14 heteroatoms. The number of carboxylic acid groups (broad SMARTS) is 1. The lowest BCUT2D eigenvalue weighted by molar-refractivity contribution is -0.140. The second-order valence-electron chi connectivity index (χ2n) is 10.7. The molecule has 1 saturated heterocycles. The molecule has 0 aliphatic carbocycles. The quantitative estimate of drug-likeness (QED) is 0.159. The van der Waals surface area contributed by atoms with Crippen LogP contribution in [0.15, 0.2) is 42.5 Å². The summed E-state index contributed by atoms with van der Waals surface area (Å²) in [5.74, 6) is -0.960. The number of hydrogen-bond donors (Lipinski definition) is 5. The van der Waals surface area contributed by atoms with E-state index in [0.717, 1.165) is 42.5 Å². The molecule has 1 aliphatic heterocycles. The van der Waals surface area contributed by atoms with Crippen molar-refractivity contribution < 1.29 is 23.1 Å². The molecule has 4 rings (SSSR count). The van der Waals surface area contributed by atoms with Crippen LogP contribution in [-0.4, -0.2) is 77.0 Å². The van der Waals surface area contributed by atoms with Gasteiger partial charge in [0.05, 0.1) is 23.0 Å². The van der Waals surface area contributed by atoms with Crippen LogP contribution in [0.1, 0.15) is 43.1 Å². The molecule has 0 radical (unpaired) electrons. The van der Waals surface area contributed by atoms with E-state index in [4.69, 9.17) is 16.1 Å². The smallest absolute Gasteiger partial charge is 0.336 e. The van der Waals surface area contributed by atoms with Gasteiger partial charge in [0.25, 0.3) is 0 Å². The molecule has 6 N–H and O–H groups in total. The number of nitrogen functional groups attached to an aromatic ring is 1. The molecule has 1 fully saturated rings. The van der Waals surface area contributed by atoms with Crippen LogP contribution < -0.4 is 16.4 Å². The number of rotatable bonds is 11. The maximum Gasteiger partial charge on any atom is 0.336 e. The zero-order chi connectivity index (χ0) is 29.9. The fourth-order valence-corrected chi connectivity index (χ4v) is 5.92. The van der Waals surface area contributed by atoms with Gasteiger partial charge >= 0.3 is 5.97 Å². The summed E-state index contributed by atoms with van der Waals surface area (Å²) in [6, 6.07) is 12.7. The van der Waals surface area contributed by atoms with Crippen molar-refractivity contribution in [2.45, 2.75) is 43.5 Å². The maximum absolute atomic E-state index is 13.9. The van der Waals surface area contributed by atoms with Crippen molar-refractivity contribution in [3.05, 3.63) is 59.4 Å². The van der Waals surface area contributed by atoms with Gasteiger partial charge in [-0.25, -0.2) is 18.2 Å². The van der Waals surface area contributed by atoms with Crippen molar-refractivity contribution in [3.63, 3.8) is 0 Å². The number of sulfone groups is 1. The van der Waals surface area contributed by atoms with E-state index in [9.17, 15) is 23.1 Å². The van der Waals surface area contributed by atoms with Crippen molar-refractivity contribution in [1.82, 2.24) is 19.8 Å². The van der Waals surface area contributed by atoms with Gasteiger partial charge in [-0.05, 0) is 68.1 Å². The lowest BCUT2D eigenvalue weighted by Crippen LogP contribution is -2.55. The number of likely N-dealkylation sites (tertiary alicyclic amines) is 1. The van der Waals surface area contributed by atoms with Gasteiger partial charge in [0, 0.05) is 44.2 Å². The van der Waals surface area contributed by atoms with Crippen molar-refractivity contribution >= 4 is 56.7 Å². The highest BCUT2D eigenvalue weighted by Crippen LogP contribution is 2.31. The number of anilines is 1. The molecule has 2 unspecified atom stereocenters. The van der Waals surface area contributed by atoms with Gasteiger partial charge in [0.15, 0.2) is 9.84 Å². The average molecular weight is 620 g/mol. The summed E-state index contributed by atoms with van der Waals surface area (Å²) in [6.45, 7) is 3.14. The van der Waals surface area contributed by atoms with E-state index in [-0.39, 0.29) is 30.7 Å². The molecule has 2 heterocycles. The first-order valence-electron chi connectivity index (χ1n) is 13.4. The summed E-state index contributed by atoms with van der Waals surface area (Å²) in [6.07, 6.45) is 3.65. The summed E-state index contributed by atoms with van der Waals surface area (Å²) < 4.78 is 26.2. The Labute approximate surface area is 251 Å². The van der Waals surface area contributed by atoms with Crippen LogP contribution in [0.5, 0.6) is 0 Å². The number of aryl methyl sites for hydroxylation is 1. The maximum atomic E-state index is 13.9. The van der Waals surface area contributed by atoms with Gasteiger partial charge in [-0.2, -0.15) is 0 Å². The highest BCUT2D eigenvalue weighted by molar-refractivity contribution is 7.92. The number of carbonyl (C=O) groups excluding carboxylic acids is 1. The predicted molar refractivity (Wildman–Crippen MR) is 165 cm³/mol. The van der Waals surface area contributed by atoms with Crippen LogP contribution in [0.2, 0.25) is 0 Å². The number of piperidine rings is 1. The number of benzene rings is 2. The number of fused-ring (bicyclic) bond motifs is 1. The fourth-order valence-electron chi connectivity index (χ4n) is 5.17. The Morgan fingerprint density at radius 3 is 2.36 bits per heavy atom. The Hall–Kier alpha value is -3.68. The Morgan fingerprint density at radius 1 is 1.14 bits per heavy atom. The van der Waals surface area contributed by atoms with Crippen LogP contribution in [0, 0.1) is 5.41 Å². The molecule has 0 bridgehead atoms. The summed E-state index contributed by atoms with van der Waals surface area (Å²) in [7, 11) is -2.07. The molecule has 1 aromatic heterocycles. The second kappa shape index (κ2) is 13.1. The van der Waals surface area contributed by atoms with Crippen molar-refractivity contribution in [2.75, 3.05) is 31.2 Å². The number of amides is 1. The van der Waals surface area contributed by atoms with Gasteiger partial charge in [-0.1, -0.05) is 6.07 Å². The summed E-state index contributed by atoms with van der Waals surface area (Å²) in [5.41, 5.74) is 7.88. The molecule has 2 aromatic carbocycles. The molecular formula is C28H38ClN7O5S. The van der Waals surface area contributed by atoms with Crippen LogP contribution in [0.25, 0.3) is 11.0 Å². The number of carbonyl (C=O) groups is 2. The van der Waals surface area contributed by atoms with Crippen molar-refractivity contribution in [1.29, 1.82) is 5.41 Å². The number of nitrogens with one attached hydrogen (secondary N) is 3. The van der Waals surface area contributed by atoms with Gasteiger partial charge in [0.2, 0.25) is 11.3 Å². The lowest BCUT2D eigenvalue weighted by Gasteiger charge is -2.37. The Morgan fingerprint density at radius 2 is 1.79 bits per heavy atom. The standard InChI is InChI=1S/C28H37N7O5S.ClH/c1-28(27(38)35-13-5-4-6-14-35,17-32-25(26(36)37)41(3,39)40)19-9-12-22-21(15-19)33-23(34(22)2)16-31-20-10-7-18(8-11-20)24(29)30;/h7-12,15,25,31-32H,4-6,13-14,16-17H2,1-3H3,(H3,29,30)(H,36,37);1H. The first-order chi connectivity index (χ1) is 19.3. The number of halogens is 1. The van der Waals surface area contributed by atoms with E-state index in [2.05, 4.69) is 10.6 Å². The average Bonchev–Trinajstić information content (AvgIpc) is 3.25. The van der Waals surface area contributed by atoms with Crippen LogP contribution >= 0.6 is 12.4 Å². The van der Waals surface area contributed by atoms with Crippen molar-refractivity contribution in [2.24, 2.45) is 12.8 Å². The molecule has 1 amide bonds. The Bertz CT molecular complexity index is 1570. The molecule has 12 nitrogen and oxygen atoms in total. The number of nitrogens with two attached hydrogens (primary N) is 1. The van der Waals surface area contributed by atoms with E-state index < -0.39 is 26.6 Å². The highest BCUT2D eigenvalue weighted by Gasteiger charge is 2.41. The minimum atomic E-state index is -3.97. The molecule has 42 heavy (non-hydrogen) atoms. The first-order valence-corrected chi connectivity index (χ1v) is 15.4. The molecule has 2 atom stereocenters. The number of aromatic nitrogens is 2. The zero-order valence-corrected chi connectivity index (χ0v) is 25.5. The Balaban J connectivity index is 0.00000484. The van der Waals surface area contributed by atoms with Crippen LogP contribution in [-0.2, 0) is 38.4 Å². The van der Waals surface area contributed by atoms with E-state index >= 15 is 0 Å². The molecule has 0 saturated carbocycles. The molecule has 0 spiro atoms. The van der Waals surface area contributed by atoms with Gasteiger partial charge < -0.3 is 25.6 Å². The summed E-state index contributed by atoms with van der Waals surface area (Å²) >= 11 is 0. The molecule has 3 aromatic rings. The van der Waals surface area contributed by atoms with E-state index in [1.165, 1.54) is 0 Å². The summed E-state index contributed by atoms with van der Waals surface area (Å²) in [5, 5.41) is 21.2.